The first kappa shape index (κ1) is 12.6. The largest absolute Gasteiger partial charge is 0.385 e. The normalized spacial score (nSPS) is 13.0. The van der Waals surface area contributed by atoms with Crippen LogP contribution in [-0.2, 0) is 4.74 Å². The molecule has 0 amide bonds. The van der Waals surface area contributed by atoms with Crippen LogP contribution in [0.5, 0.6) is 0 Å². The Balaban J connectivity index is 2.16. The lowest BCUT2D eigenvalue weighted by atomic mass is 10.3. The zero-order valence-electron chi connectivity index (χ0n) is 9.75. The molecule has 86 valence electrons. The smallest absolute Gasteiger partial charge is 0.109 e. The lowest BCUT2D eigenvalue weighted by molar-refractivity contribution is 0.192. The minimum Gasteiger partial charge on any atom is -0.385 e. The van der Waals surface area contributed by atoms with Crippen molar-refractivity contribution in [2.24, 2.45) is 0 Å². The Morgan fingerprint density at radius 3 is 2.93 bits per heavy atom. The van der Waals surface area contributed by atoms with Crippen molar-refractivity contribution in [1.82, 2.24) is 10.3 Å². The van der Waals surface area contributed by atoms with Gasteiger partial charge < -0.3 is 10.1 Å². The average Bonchev–Trinajstić information content (AvgIpc) is 2.64. The van der Waals surface area contributed by atoms with Gasteiger partial charge in [-0.1, -0.05) is 0 Å². The first-order chi connectivity index (χ1) is 7.24. The molecule has 4 heteroatoms. The van der Waals surface area contributed by atoms with Gasteiger partial charge in [-0.05, 0) is 33.2 Å². The summed E-state index contributed by atoms with van der Waals surface area (Å²) in [5, 5.41) is 4.64. The predicted molar refractivity (Wildman–Crippen MR) is 64.4 cm³/mol. The van der Waals surface area contributed by atoms with Crippen molar-refractivity contribution in [3.05, 3.63) is 16.1 Å². The Morgan fingerprint density at radius 2 is 2.33 bits per heavy atom. The van der Waals surface area contributed by atoms with E-state index in [-0.39, 0.29) is 0 Å². The van der Waals surface area contributed by atoms with Gasteiger partial charge in [0.2, 0.25) is 0 Å². The lowest BCUT2D eigenvalue weighted by Gasteiger charge is -2.10. The van der Waals surface area contributed by atoms with Gasteiger partial charge in [0.05, 0.1) is 6.04 Å². The van der Waals surface area contributed by atoms with Crippen molar-refractivity contribution in [1.29, 1.82) is 0 Å². The predicted octanol–water partition coefficient (Wildman–Crippen LogP) is 2.53. The lowest BCUT2D eigenvalue weighted by Crippen LogP contribution is -2.19. The van der Waals surface area contributed by atoms with E-state index in [4.69, 9.17) is 4.74 Å². The molecule has 1 unspecified atom stereocenters. The topological polar surface area (TPSA) is 34.1 Å². The number of hydrogen-bond donors (Lipinski definition) is 1. The van der Waals surface area contributed by atoms with Gasteiger partial charge in [-0.3, -0.25) is 0 Å². The molecule has 0 fully saturated rings. The molecule has 1 N–H and O–H groups in total. The number of nitrogens with one attached hydrogen (secondary N) is 1. The van der Waals surface area contributed by atoms with Crippen LogP contribution >= 0.6 is 11.3 Å². The van der Waals surface area contributed by atoms with E-state index in [9.17, 15) is 0 Å². The van der Waals surface area contributed by atoms with Crippen LogP contribution in [0, 0.1) is 6.92 Å². The number of hydrogen-bond acceptors (Lipinski definition) is 4. The zero-order chi connectivity index (χ0) is 11.1. The van der Waals surface area contributed by atoms with Crippen molar-refractivity contribution < 1.29 is 4.74 Å². The first-order valence-corrected chi connectivity index (χ1v) is 6.20. The van der Waals surface area contributed by atoms with Crippen LogP contribution in [0.25, 0.3) is 0 Å². The maximum Gasteiger partial charge on any atom is 0.109 e. The third kappa shape index (κ3) is 4.73. The first-order valence-electron chi connectivity index (χ1n) is 5.38. The zero-order valence-corrected chi connectivity index (χ0v) is 10.6. The Kier molecular flexibility index (Phi) is 5.83. The quantitative estimate of drug-likeness (QED) is 0.728. The Hall–Kier alpha value is -0.450. The molecule has 0 spiro atoms. The number of aromatic nitrogens is 1. The van der Waals surface area contributed by atoms with Crippen LogP contribution in [0.4, 0.5) is 0 Å². The highest BCUT2D eigenvalue weighted by atomic mass is 32.1. The number of ether oxygens (including phenoxy) is 1. The van der Waals surface area contributed by atoms with E-state index in [2.05, 4.69) is 24.1 Å². The molecule has 1 atom stereocenters. The van der Waals surface area contributed by atoms with Gasteiger partial charge in [0.15, 0.2) is 0 Å². The van der Waals surface area contributed by atoms with Crippen molar-refractivity contribution in [2.45, 2.75) is 32.7 Å². The maximum atomic E-state index is 5.00. The van der Waals surface area contributed by atoms with Crippen LogP contribution in [-0.4, -0.2) is 25.2 Å². The summed E-state index contributed by atoms with van der Waals surface area (Å²) in [6.45, 7) is 6.14. The summed E-state index contributed by atoms with van der Waals surface area (Å²) in [5.74, 6) is 0. The standard InChI is InChI=1S/C11H20N2OS/c1-9-8-13-11(15-9)10(2)12-6-4-5-7-14-3/h8,10,12H,4-7H2,1-3H3. The van der Waals surface area contributed by atoms with Gasteiger partial charge in [-0.15, -0.1) is 11.3 Å². The molecule has 0 aliphatic heterocycles. The van der Waals surface area contributed by atoms with E-state index < -0.39 is 0 Å². The summed E-state index contributed by atoms with van der Waals surface area (Å²) < 4.78 is 5.00. The number of nitrogens with zero attached hydrogens (tertiary/aromatic N) is 1. The fourth-order valence-electron chi connectivity index (χ4n) is 1.35. The minimum absolute atomic E-state index is 0.367. The Morgan fingerprint density at radius 1 is 1.53 bits per heavy atom. The fraction of sp³-hybridized carbons (Fsp3) is 0.727. The average molecular weight is 228 g/mol. The SMILES string of the molecule is COCCCCNC(C)c1ncc(C)s1. The highest BCUT2D eigenvalue weighted by Crippen LogP contribution is 2.18. The molecule has 0 radical (unpaired) electrons. The molecule has 0 aromatic carbocycles. The monoisotopic (exact) mass is 228 g/mol. The molecule has 1 rings (SSSR count). The highest BCUT2D eigenvalue weighted by molar-refractivity contribution is 7.11. The molecule has 1 heterocycles. The van der Waals surface area contributed by atoms with Crippen molar-refractivity contribution in [3.8, 4) is 0 Å². The van der Waals surface area contributed by atoms with Gasteiger partial charge >= 0.3 is 0 Å². The molecule has 0 bridgehead atoms. The molecule has 0 saturated carbocycles. The number of thiazole rings is 1. The molecular formula is C11H20N2OS. The van der Waals surface area contributed by atoms with Crippen molar-refractivity contribution in [3.63, 3.8) is 0 Å². The minimum atomic E-state index is 0.367. The summed E-state index contributed by atoms with van der Waals surface area (Å²) >= 11 is 1.77. The number of methoxy groups -OCH3 is 1. The molecule has 0 saturated heterocycles. The van der Waals surface area contributed by atoms with E-state index in [1.165, 1.54) is 9.88 Å². The van der Waals surface area contributed by atoms with Gasteiger partial charge in [-0.2, -0.15) is 0 Å². The third-order valence-corrected chi connectivity index (χ3v) is 3.33. The van der Waals surface area contributed by atoms with Gasteiger partial charge in [0.1, 0.15) is 5.01 Å². The molecule has 3 nitrogen and oxygen atoms in total. The summed E-state index contributed by atoms with van der Waals surface area (Å²) in [7, 11) is 1.74. The van der Waals surface area contributed by atoms with Crippen LogP contribution in [0.2, 0.25) is 0 Å². The molecule has 15 heavy (non-hydrogen) atoms. The number of rotatable bonds is 7. The Labute approximate surface area is 95.9 Å². The molecule has 1 aromatic rings. The third-order valence-electron chi connectivity index (χ3n) is 2.24. The van der Waals surface area contributed by atoms with Gasteiger partial charge in [0.25, 0.3) is 0 Å². The molecule has 0 aliphatic carbocycles. The van der Waals surface area contributed by atoms with E-state index in [1.54, 1.807) is 18.4 Å². The van der Waals surface area contributed by atoms with E-state index in [0.717, 1.165) is 26.0 Å². The van der Waals surface area contributed by atoms with Crippen LogP contribution < -0.4 is 5.32 Å². The van der Waals surface area contributed by atoms with Crippen LogP contribution in [0.3, 0.4) is 0 Å². The highest BCUT2D eigenvalue weighted by Gasteiger charge is 2.07. The molecular weight excluding hydrogens is 208 g/mol. The number of unbranched alkanes of at least 4 members (excludes halogenated alkanes) is 1. The molecule has 0 aliphatic rings. The van der Waals surface area contributed by atoms with E-state index in [1.807, 2.05) is 6.20 Å². The fourth-order valence-corrected chi connectivity index (χ4v) is 2.15. The summed E-state index contributed by atoms with van der Waals surface area (Å²) in [5.41, 5.74) is 0. The Bertz CT molecular complexity index is 275. The molecule has 1 aromatic heterocycles. The van der Waals surface area contributed by atoms with Gasteiger partial charge in [0, 0.05) is 24.8 Å². The summed E-state index contributed by atoms with van der Waals surface area (Å²) in [6.07, 6.45) is 4.21. The number of aryl methyl sites for hydroxylation is 1. The maximum absolute atomic E-state index is 5.00. The second kappa shape index (κ2) is 6.93. The van der Waals surface area contributed by atoms with E-state index >= 15 is 0 Å². The summed E-state index contributed by atoms with van der Waals surface area (Å²) in [4.78, 5) is 5.64. The van der Waals surface area contributed by atoms with Crippen molar-refractivity contribution >= 4 is 11.3 Å². The second-order valence-electron chi connectivity index (χ2n) is 3.68. The van der Waals surface area contributed by atoms with Gasteiger partial charge in [-0.25, -0.2) is 4.98 Å². The van der Waals surface area contributed by atoms with E-state index in [0.29, 0.717) is 6.04 Å². The second-order valence-corrected chi connectivity index (χ2v) is 4.95. The van der Waals surface area contributed by atoms with Crippen molar-refractivity contribution in [2.75, 3.05) is 20.3 Å². The van der Waals surface area contributed by atoms with Crippen LogP contribution in [0.15, 0.2) is 6.20 Å². The summed E-state index contributed by atoms with van der Waals surface area (Å²) in [6, 6.07) is 0.367. The van der Waals surface area contributed by atoms with Crippen LogP contribution in [0.1, 0.15) is 35.7 Å².